The molecule has 0 aliphatic carbocycles. The van der Waals surface area contributed by atoms with Gasteiger partial charge in [-0.05, 0) is 11.6 Å². The summed E-state index contributed by atoms with van der Waals surface area (Å²) in [7, 11) is 0. The van der Waals surface area contributed by atoms with Gasteiger partial charge in [0.05, 0.1) is 10.9 Å². The predicted molar refractivity (Wildman–Crippen MR) is 97.0 cm³/mol. The fourth-order valence-corrected chi connectivity index (χ4v) is 3.53. The molecule has 0 radical (unpaired) electrons. The molecule has 3 nitrogen and oxygen atoms in total. The summed E-state index contributed by atoms with van der Waals surface area (Å²) in [6, 6.07) is 16.3. The summed E-state index contributed by atoms with van der Waals surface area (Å²) in [5.74, 6) is -0.252. The van der Waals surface area contributed by atoms with Crippen LogP contribution in [0.15, 0.2) is 54.6 Å². The first-order chi connectivity index (χ1) is 11.1. The van der Waals surface area contributed by atoms with E-state index in [0.717, 1.165) is 11.1 Å². The van der Waals surface area contributed by atoms with Gasteiger partial charge in [-0.2, -0.15) is 0 Å². The number of rotatable bonds is 5. The lowest BCUT2D eigenvalue weighted by atomic mass is 10.0. The van der Waals surface area contributed by atoms with Gasteiger partial charge < -0.3 is 0 Å². The van der Waals surface area contributed by atoms with Crippen LogP contribution in [0.25, 0.3) is 0 Å². The normalized spacial score (nSPS) is 14.7. The summed E-state index contributed by atoms with van der Waals surface area (Å²) in [6.07, 6.45) is 0.450. The van der Waals surface area contributed by atoms with E-state index in [0.29, 0.717) is 17.0 Å². The number of halogens is 1. The molecule has 0 unspecified atom stereocenters. The molecule has 0 saturated carbocycles. The third-order valence-electron chi connectivity index (χ3n) is 3.91. The molecule has 116 valence electrons. The Labute approximate surface area is 148 Å². The molecule has 1 aliphatic rings. The third-order valence-corrected chi connectivity index (χ3v) is 4.88. The standard InChI is InChI=1S/C18H14BrNO2S/c19-11-16(21)15(10-12-6-2-1-3-7-12)20-17(22)13-8-4-5-9-14(13)18(20)23/h1-9,15H,10-11H2/t15-/m1/s1. The Kier molecular flexibility index (Phi) is 4.68. The van der Waals surface area contributed by atoms with E-state index in [9.17, 15) is 9.59 Å². The molecule has 5 heteroatoms. The Bertz CT molecular complexity index is 741. The van der Waals surface area contributed by atoms with Crippen LogP contribution in [-0.2, 0) is 11.2 Å². The number of fused-ring (bicyclic) bond motifs is 1. The number of hydrogen-bond acceptors (Lipinski definition) is 3. The number of thiocarbonyl (C=S) groups is 1. The molecule has 1 atom stereocenters. The van der Waals surface area contributed by atoms with E-state index in [1.54, 1.807) is 12.1 Å². The number of nitrogens with zero attached hydrogens (tertiary/aromatic N) is 1. The summed E-state index contributed by atoms with van der Waals surface area (Å²) >= 11 is 8.69. The first kappa shape index (κ1) is 16.0. The quantitative estimate of drug-likeness (QED) is 0.582. The second-order valence-electron chi connectivity index (χ2n) is 5.33. The van der Waals surface area contributed by atoms with Crippen LogP contribution >= 0.6 is 28.1 Å². The molecule has 0 N–H and O–H groups in total. The average Bonchev–Trinajstić information content (AvgIpc) is 2.85. The van der Waals surface area contributed by atoms with E-state index in [-0.39, 0.29) is 17.0 Å². The van der Waals surface area contributed by atoms with Crippen molar-refractivity contribution in [2.45, 2.75) is 12.5 Å². The lowest BCUT2D eigenvalue weighted by Crippen LogP contribution is -2.46. The van der Waals surface area contributed by atoms with Gasteiger partial charge in [0.1, 0.15) is 11.0 Å². The number of carbonyl (C=O) groups excluding carboxylic acids is 2. The van der Waals surface area contributed by atoms with Crippen molar-refractivity contribution in [1.82, 2.24) is 4.90 Å². The van der Waals surface area contributed by atoms with E-state index < -0.39 is 6.04 Å². The lowest BCUT2D eigenvalue weighted by Gasteiger charge is -2.26. The maximum atomic E-state index is 12.7. The zero-order valence-corrected chi connectivity index (χ0v) is 14.6. The molecule has 0 saturated heterocycles. The summed E-state index contributed by atoms with van der Waals surface area (Å²) in [6.45, 7) is 0. The zero-order valence-electron chi connectivity index (χ0n) is 12.2. The minimum atomic E-state index is -0.593. The van der Waals surface area contributed by atoms with Crippen molar-refractivity contribution in [3.8, 4) is 0 Å². The van der Waals surface area contributed by atoms with Gasteiger partial charge >= 0.3 is 0 Å². The van der Waals surface area contributed by atoms with Crippen LogP contribution in [0.2, 0.25) is 0 Å². The van der Waals surface area contributed by atoms with Crippen molar-refractivity contribution >= 4 is 44.8 Å². The van der Waals surface area contributed by atoms with Crippen LogP contribution in [0.1, 0.15) is 21.5 Å². The van der Waals surface area contributed by atoms with Crippen LogP contribution in [0.3, 0.4) is 0 Å². The van der Waals surface area contributed by atoms with Crippen molar-refractivity contribution in [3.63, 3.8) is 0 Å². The Morgan fingerprint density at radius 2 is 1.65 bits per heavy atom. The summed E-state index contributed by atoms with van der Waals surface area (Å²) < 4.78 is 0. The van der Waals surface area contributed by atoms with Crippen molar-refractivity contribution in [1.29, 1.82) is 0 Å². The van der Waals surface area contributed by atoms with E-state index in [4.69, 9.17) is 12.2 Å². The minimum absolute atomic E-state index is 0.0580. The van der Waals surface area contributed by atoms with E-state index in [1.165, 1.54) is 4.90 Å². The first-order valence-electron chi connectivity index (χ1n) is 7.23. The molecular weight excluding hydrogens is 374 g/mol. The van der Waals surface area contributed by atoms with Gasteiger partial charge in [0.2, 0.25) is 0 Å². The Morgan fingerprint density at radius 1 is 1.04 bits per heavy atom. The smallest absolute Gasteiger partial charge is 0.260 e. The predicted octanol–water partition coefficient (Wildman–Crippen LogP) is 3.39. The molecule has 1 amide bonds. The number of carbonyl (C=O) groups is 2. The third kappa shape index (κ3) is 2.99. The maximum Gasteiger partial charge on any atom is 0.260 e. The molecule has 0 aromatic heterocycles. The fraction of sp³-hybridized carbons (Fsp3) is 0.167. The van der Waals surface area contributed by atoms with E-state index in [2.05, 4.69) is 15.9 Å². The van der Waals surface area contributed by atoms with Crippen LogP contribution in [0.5, 0.6) is 0 Å². The highest BCUT2D eigenvalue weighted by molar-refractivity contribution is 9.09. The molecule has 2 aromatic carbocycles. The van der Waals surface area contributed by atoms with E-state index in [1.807, 2.05) is 42.5 Å². The first-order valence-corrected chi connectivity index (χ1v) is 8.76. The number of ketones is 1. The number of hydrogen-bond donors (Lipinski definition) is 0. The SMILES string of the molecule is O=C(CBr)[C@@H](Cc1ccccc1)N1C(=O)c2ccccc2C1=S. The highest BCUT2D eigenvalue weighted by Gasteiger charge is 2.39. The van der Waals surface area contributed by atoms with Crippen LogP contribution in [0, 0.1) is 0 Å². The molecule has 1 heterocycles. The number of alkyl halides is 1. The zero-order chi connectivity index (χ0) is 16.4. The molecule has 0 bridgehead atoms. The highest BCUT2D eigenvalue weighted by atomic mass is 79.9. The molecular formula is C18H14BrNO2S. The molecule has 1 aliphatic heterocycles. The van der Waals surface area contributed by atoms with Crippen molar-refractivity contribution in [2.75, 3.05) is 5.33 Å². The second kappa shape index (κ2) is 6.72. The second-order valence-corrected chi connectivity index (χ2v) is 6.28. The Morgan fingerprint density at radius 3 is 2.26 bits per heavy atom. The van der Waals surface area contributed by atoms with Crippen molar-refractivity contribution < 1.29 is 9.59 Å². The van der Waals surface area contributed by atoms with Crippen molar-refractivity contribution in [3.05, 3.63) is 71.3 Å². The molecule has 3 rings (SSSR count). The molecule has 23 heavy (non-hydrogen) atoms. The van der Waals surface area contributed by atoms with E-state index >= 15 is 0 Å². The van der Waals surface area contributed by atoms with Gasteiger partial charge in [-0.15, -0.1) is 0 Å². The van der Waals surface area contributed by atoms with Gasteiger partial charge in [-0.25, -0.2) is 0 Å². The van der Waals surface area contributed by atoms with Crippen LogP contribution < -0.4 is 0 Å². The summed E-state index contributed by atoms with van der Waals surface area (Å²) in [4.78, 5) is 27.1. The average molecular weight is 388 g/mol. The monoisotopic (exact) mass is 387 g/mol. The minimum Gasteiger partial charge on any atom is -0.296 e. The summed E-state index contributed by atoms with van der Waals surface area (Å²) in [5.41, 5.74) is 2.30. The van der Waals surface area contributed by atoms with Gasteiger partial charge in [-0.1, -0.05) is 76.7 Å². The molecule has 0 spiro atoms. The number of Topliss-reactive ketones (excluding diaryl/α,β-unsaturated/α-hetero) is 1. The Hall–Kier alpha value is -1.85. The highest BCUT2D eigenvalue weighted by Crippen LogP contribution is 2.27. The summed E-state index contributed by atoms with van der Waals surface area (Å²) in [5, 5.41) is 0.188. The van der Waals surface area contributed by atoms with Gasteiger partial charge in [-0.3, -0.25) is 14.5 Å². The fourth-order valence-electron chi connectivity index (χ4n) is 2.77. The molecule has 2 aromatic rings. The topological polar surface area (TPSA) is 37.4 Å². The van der Waals surface area contributed by atoms with Gasteiger partial charge in [0.25, 0.3) is 5.91 Å². The molecule has 0 fully saturated rings. The number of amides is 1. The van der Waals surface area contributed by atoms with Gasteiger partial charge in [0.15, 0.2) is 5.78 Å². The number of benzene rings is 2. The maximum absolute atomic E-state index is 12.7. The van der Waals surface area contributed by atoms with Gasteiger partial charge in [0, 0.05) is 12.0 Å². The Balaban J connectivity index is 1.97. The van der Waals surface area contributed by atoms with Crippen LogP contribution in [-0.4, -0.2) is 33.0 Å². The lowest BCUT2D eigenvalue weighted by molar-refractivity contribution is -0.119. The van der Waals surface area contributed by atoms with Crippen LogP contribution in [0.4, 0.5) is 0 Å². The largest absolute Gasteiger partial charge is 0.296 e. The van der Waals surface area contributed by atoms with Crippen molar-refractivity contribution in [2.24, 2.45) is 0 Å².